The zero-order valence-electron chi connectivity index (χ0n) is 27.7. The molecule has 43 heavy (non-hydrogen) atoms. The fourth-order valence-electron chi connectivity index (χ4n) is 11.6. The molecule has 5 fully saturated rings. The normalized spacial score (nSPS) is 52.2. The van der Waals surface area contributed by atoms with Crippen molar-refractivity contribution < 1.29 is 40.1 Å². The summed E-state index contributed by atoms with van der Waals surface area (Å²) >= 11 is 0. The van der Waals surface area contributed by atoms with Gasteiger partial charge in [0.05, 0.1) is 30.5 Å². The minimum absolute atomic E-state index is 0.00575. The van der Waals surface area contributed by atoms with Crippen molar-refractivity contribution >= 4 is 0 Å². The molecule has 6 N–H and O–H groups in total. The molecule has 0 spiro atoms. The highest BCUT2D eigenvalue weighted by atomic mass is 16.7. The van der Waals surface area contributed by atoms with Crippen LogP contribution in [-0.4, -0.2) is 85.8 Å². The first kappa shape index (κ1) is 34.0. The Balaban J connectivity index is 1.47. The van der Waals surface area contributed by atoms with Crippen LogP contribution in [0.4, 0.5) is 0 Å². The second-order valence-electron chi connectivity index (χ2n) is 16.4. The Morgan fingerprint density at radius 3 is 2.19 bits per heavy atom. The molecule has 0 aromatic rings. The van der Waals surface area contributed by atoms with Crippen molar-refractivity contribution in [2.24, 2.45) is 58.2 Å². The lowest BCUT2D eigenvalue weighted by atomic mass is 9.44. The van der Waals surface area contributed by atoms with Crippen LogP contribution in [-0.2, 0) is 9.47 Å². The summed E-state index contributed by atoms with van der Waals surface area (Å²) in [7, 11) is 0. The fourth-order valence-corrected chi connectivity index (χ4v) is 11.6. The summed E-state index contributed by atoms with van der Waals surface area (Å²) in [5.41, 5.74) is -0.0753. The van der Waals surface area contributed by atoms with Crippen LogP contribution in [0, 0.1) is 58.2 Å². The molecule has 18 atom stereocenters. The van der Waals surface area contributed by atoms with E-state index < -0.39 is 49.0 Å². The highest BCUT2D eigenvalue weighted by molar-refractivity contribution is 5.15. The van der Waals surface area contributed by atoms with Crippen LogP contribution in [0.5, 0.6) is 0 Å². The zero-order chi connectivity index (χ0) is 31.6. The average Bonchev–Trinajstić information content (AvgIpc) is 3.16. The second kappa shape index (κ2) is 12.7. The molecular formula is C35H62O8. The number of rotatable bonds is 8. The van der Waals surface area contributed by atoms with Crippen LogP contribution in [0.25, 0.3) is 0 Å². The number of aliphatic hydroxyl groups excluding tert-OH is 6. The van der Waals surface area contributed by atoms with Gasteiger partial charge >= 0.3 is 0 Å². The minimum Gasteiger partial charge on any atom is -0.393 e. The van der Waals surface area contributed by atoms with E-state index in [2.05, 4.69) is 41.5 Å². The van der Waals surface area contributed by atoms with Gasteiger partial charge in [-0.2, -0.15) is 0 Å². The largest absolute Gasteiger partial charge is 0.393 e. The van der Waals surface area contributed by atoms with Crippen molar-refractivity contribution in [3.05, 3.63) is 0 Å². The van der Waals surface area contributed by atoms with Gasteiger partial charge in [-0.3, -0.25) is 0 Å². The maximum absolute atomic E-state index is 12.3. The fraction of sp³-hybridized carbons (Fsp3) is 1.00. The van der Waals surface area contributed by atoms with E-state index in [4.69, 9.17) is 9.47 Å². The summed E-state index contributed by atoms with van der Waals surface area (Å²) in [4.78, 5) is 0. The van der Waals surface area contributed by atoms with Crippen LogP contribution < -0.4 is 0 Å². The average molecular weight is 611 g/mol. The Morgan fingerprint density at radius 2 is 1.53 bits per heavy atom. The Bertz CT molecular complexity index is 947. The molecule has 0 radical (unpaired) electrons. The maximum atomic E-state index is 12.3. The van der Waals surface area contributed by atoms with E-state index in [0.717, 1.165) is 51.4 Å². The Hall–Kier alpha value is -0.320. The summed E-state index contributed by atoms with van der Waals surface area (Å²) in [6, 6.07) is 0. The van der Waals surface area contributed by atoms with Crippen LogP contribution in [0.15, 0.2) is 0 Å². The minimum atomic E-state index is -1.43. The summed E-state index contributed by atoms with van der Waals surface area (Å²) < 4.78 is 12.5. The van der Waals surface area contributed by atoms with Gasteiger partial charge in [-0.05, 0) is 116 Å². The zero-order valence-corrected chi connectivity index (χ0v) is 27.7. The Kier molecular flexibility index (Phi) is 10.1. The molecule has 250 valence electrons. The molecule has 0 amide bonds. The summed E-state index contributed by atoms with van der Waals surface area (Å²) in [6.45, 7) is 15.1. The van der Waals surface area contributed by atoms with Gasteiger partial charge in [-0.25, -0.2) is 0 Å². The van der Waals surface area contributed by atoms with Gasteiger partial charge in [0, 0.05) is 0 Å². The second-order valence-corrected chi connectivity index (χ2v) is 16.4. The van der Waals surface area contributed by atoms with Crippen LogP contribution in [0.3, 0.4) is 0 Å². The van der Waals surface area contributed by atoms with Crippen LogP contribution in [0.2, 0.25) is 0 Å². The van der Waals surface area contributed by atoms with Gasteiger partial charge < -0.3 is 40.1 Å². The number of hydrogen-bond acceptors (Lipinski definition) is 8. The van der Waals surface area contributed by atoms with E-state index in [9.17, 15) is 30.6 Å². The topological polar surface area (TPSA) is 140 Å². The molecule has 5 aliphatic rings. The molecule has 4 saturated carbocycles. The monoisotopic (exact) mass is 610 g/mol. The molecule has 8 nitrogen and oxygen atoms in total. The third-order valence-electron chi connectivity index (χ3n) is 13.9. The lowest BCUT2D eigenvalue weighted by Gasteiger charge is -2.61. The molecule has 0 aromatic carbocycles. The smallest absolute Gasteiger partial charge is 0.186 e. The standard InChI is InChI=1S/C35H62O8/c1-8-22(17(2)3)25(37)15-18(4)26-32(43-33-31(41)30(40)28(38)19(5)42-33)29(39)27-23-10-9-20-16-21(36)11-13-34(20,6)24(23)12-14-35(26,27)7/h17-33,36-41H,8-16H2,1-7H3. The van der Waals surface area contributed by atoms with Gasteiger partial charge in [0.2, 0.25) is 0 Å². The quantitative estimate of drug-likeness (QED) is 0.244. The van der Waals surface area contributed by atoms with Gasteiger partial charge in [-0.15, -0.1) is 0 Å². The first-order valence-electron chi connectivity index (χ1n) is 17.5. The summed E-state index contributed by atoms with van der Waals surface area (Å²) in [5, 5.41) is 66.0. The number of aliphatic hydroxyl groups is 6. The molecule has 5 rings (SSSR count). The van der Waals surface area contributed by atoms with Crippen LogP contribution >= 0.6 is 0 Å². The lowest BCUT2D eigenvalue weighted by molar-refractivity contribution is -0.314. The van der Waals surface area contributed by atoms with Crippen molar-refractivity contribution in [3.8, 4) is 0 Å². The predicted molar refractivity (Wildman–Crippen MR) is 164 cm³/mol. The molecule has 18 unspecified atom stereocenters. The van der Waals surface area contributed by atoms with Crippen molar-refractivity contribution in [2.45, 2.75) is 161 Å². The summed E-state index contributed by atoms with van der Waals surface area (Å²) in [5.74, 6) is 1.83. The first-order chi connectivity index (χ1) is 20.1. The number of ether oxygens (including phenoxy) is 2. The van der Waals surface area contributed by atoms with E-state index in [1.54, 1.807) is 6.92 Å². The van der Waals surface area contributed by atoms with Crippen molar-refractivity contribution in [2.75, 3.05) is 0 Å². The molecule has 0 aromatic heterocycles. The molecular weight excluding hydrogens is 548 g/mol. The van der Waals surface area contributed by atoms with Gasteiger partial charge in [0.15, 0.2) is 6.29 Å². The Morgan fingerprint density at radius 1 is 0.860 bits per heavy atom. The van der Waals surface area contributed by atoms with Crippen molar-refractivity contribution in [1.82, 2.24) is 0 Å². The third kappa shape index (κ3) is 5.77. The molecule has 8 heteroatoms. The lowest BCUT2D eigenvalue weighted by Crippen LogP contribution is -2.58. The Labute approximate surface area is 259 Å². The van der Waals surface area contributed by atoms with Crippen LogP contribution in [0.1, 0.15) is 106 Å². The van der Waals surface area contributed by atoms with E-state index in [0.29, 0.717) is 30.1 Å². The molecule has 0 bridgehead atoms. The number of hydrogen-bond donors (Lipinski definition) is 6. The van der Waals surface area contributed by atoms with Crippen molar-refractivity contribution in [3.63, 3.8) is 0 Å². The summed E-state index contributed by atoms with van der Waals surface area (Å²) in [6.07, 6.45) is 0.364. The molecule has 4 aliphatic carbocycles. The van der Waals surface area contributed by atoms with E-state index in [-0.39, 0.29) is 40.6 Å². The van der Waals surface area contributed by atoms with E-state index >= 15 is 0 Å². The van der Waals surface area contributed by atoms with Crippen molar-refractivity contribution in [1.29, 1.82) is 0 Å². The highest BCUT2D eigenvalue weighted by Gasteiger charge is 2.67. The molecule has 1 heterocycles. The first-order valence-corrected chi connectivity index (χ1v) is 17.5. The number of fused-ring (bicyclic) bond motifs is 5. The molecule has 1 saturated heterocycles. The maximum Gasteiger partial charge on any atom is 0.186 e. The SMILES string of the molecule is CCC(C(C)C)C(O)CC(C)C1C(OC2OC(C)C(O)C(O)C2O)C(O)C2C3CCC4CC(O)CCC4(C)C3CCC21C. The van der Waals surface area contributed by atoms with E-state index in [1.165, 1.54) is 0 Å². The molecule has 1 aliphatic heterocycles. The van der Waals surface area contributed by atoms with Gasteiger partial charge in [0.25, 0.3) is 0 Å². The predicted octanol–water partition coefficient (Wildman–Crippen LogP) is 3.87. The van der Waals surface area contributed by atoms with Gasteiger partial charge in [-0.1, -0.05) is 48.0 Å². The van der Waals surface area contributed by atoms with E-state index in [1.807, 2.05) is 0 Å². The van der Waals surface area contributed by atoms with Gasteiger partial charge in [0.1, 0.15) is 18.3 Å². The highest BCUT2D eigenvalue weighted by Crippen LogP contribution is 2.69. The third-order valence-corrected chi connectivity index (χ3v) is 13.9.